The molecule has 8 heteroatoms. The lowest BCUT2D eigenvalue weighted by Crippen LogP contribution is -2.60. The summed E-state index contributed by atoms with van der Waals surface area (Å²) in [5, 5.41) is 10.0. The molecule has 0 spiro atoms. The molecule has 7 nitrogen and oxygen atoms in total. The molecule has 1 aromatic heterocycles. The van der Waals surface area contributed by atoms with Crippen LogP contribution < -0.4 is 10.2 Å². The lowest BCUT2D eigenvalue weighted by atomic mass is 9.96. The molecule has 2 aromatic carbocycles. The van der Waals surface area contributed by atoms with Crippen LogP contribution in [0.15, 0.2) is 59.8 Å². The van der Waals surface area contributed by atoms with Gasteiger partial charge in [-0.3, -0.25) is 19.6 Å². The van der Waals surface area contributed by atoms with Crippen LogP contribution in [0.3, 0.4) is 0 Å². The number of nitrogens with one attached hydrogen (secondary N) is 2. The Hall–Kier alpha value is -3.13. The highest BCUT2D eigenvalue weighted by Crippen LogP contribution is 2.38. The van der Waals surface area contributed by atoms with Gasteiger partial charge >= 0.3 is 0 Å². The monoisotopic (exact) mass is 407 g/mol. The minimum absolute atomic E-state index is 0.173. The molecule has 0 aliphatic carbocycles. The summed E-state index contributed by atoms with van der Waals surface area (Å²) in [5.41, 5.74) is 1.24. The van der Waals surface area contributed by atoms with E-state index in [1.54, 1.807) is 31.7 Å². The van der Waals surface area contributed by atoms with Crippen LogP contribution in [0.25, 0.3) is 11.4 Å². The normalized spacial score (nSPS) is 16.1. The van der Waals surface area contributed by atoms with Gasteiger partial charge in [0.1, 0.15) is 5.54 Å². The smallest absolute Gasteiger partial charge is 0.250 e. The van der Waals surface area contributed by atoms with Crippen LogP contribution in [0.4, 0.5) is 11.4 Å². The molecule has 1 aliphatic rings. The second kappa shape index (κ2) is 7.36. The summed E-state index contributed by atoms with van der Waals surface area (Å²) in [6.45, 7) is 5.29. The minimum atomic E-state index is -1.01. The molecule has 1 atom stereocenters. The number of carbonyl (C=O) groups excluding carboxylic acids is 2. The molecule has 1 aliphatic heterocycles. The van der Waals surface area contributed by atoms with Gasteiger partial charge in [0, 0.05) is 5.56 Å². The summed E-state index contributed by atoms with van der Waals surface area (Å²) in [6, 6.07) is 17.0. The number of para-hydroxylation sites is 2. The maximum Gasteiger partial charge on any atom is 0.250 e. The fourth-order valence-electron chi connectivity index (χ4n) is 3.26. The second-order valence-electron chi connectivity index (χ2n) is 7.30. The Balaban J connectivity index is 1.58. The number of carbonyl (C=O) groups is 2. The van der Waals surface area contributed by atoms with Gasteiger partial charge in [-0.25, -0.2) is 4.98 Å². The molecular weight excluding hydrogens is 386 g/mol. The second-order valence-corrected chi connectivity index (χ2v) is 8.60. The number of nitrogens with zero attached hydrogens (tertiary/aromatic N) is 3. The summed E-state index contributed by atoms with van der Waals surface area (Å²) < 4.78 is 0. The van der Waals surface area contributed by atoms with Gasteiger partial charge in [-0.15, -0.1) is 5.10 Å². The predicted molar refractivity (Wildman–Crippen MR) is 114 cm³/mol. The molecule has 0 unspecified atom stereocenters. The highest BCUT2D eigenvalue weighted by Gasteiger charge is 2.44. The van der Waals surface area contributed by atoms with Crippen molar-refractivity contribution in [3.8, 4) is 11.4 Å². The topological polar surface area (TPSA) is 91.0 Å². The summed E-state index contributed by atoms with van der Waals surface area (Å²) in [4.78, 5) is 32.0. The average molecular weight is 407 g/mol. The van der Waals surface area contributed by atoms with Crippen LogP contribution in [0, 0.1) is 0 Å². The number of thioether (sulfide) groups is 1. The van der Waals surface area contributed by atoms with E-state index in [0.717, 1.165) is 5.56 Å². The van der Waals surface area contributed by atoms with Crippen molar-refractivity contribution in [3.63, 3.8) is 0 Å². The van der Waals surface area contributed by atoms with E-state index in [2.05, 4.69) is 20.5 Å². The molecule has 2 heterocycles. The fraction of sp³-hybridized carbons (Fsp3) is 0.238. The molecule has 2 N–H and O–H groups in total. The van der Waals surface area contributed by atoms with Gasteiger partial charge in [0.25, 0.3) is 0 Å². The van der Waals surface area contributed by atoms with Crippen molar-refractivity contribution in [1.82, 2.24) is 15.2 Å². The SMILES string of the molecule is C[C@H](Sc1n[nH]c(-c2ccccc2)n1)C(=O)N1c2ccccc2NC(=O)C1(C)C. The number of anilines is 2. The van der Waals surface area contributed by atoms with Crippen LogP contribution in [-0.2, 0) is 9.59 Å². The third-order valence-electron chi connectivity index (χ3n) is 4.87. The third kappa shape index (κ3) is 3.51. The van der Waals surface area contributed by atoms with Crippen LogP contribution in [0.2, 0.25) is 0 Å². The van der Waals surface area contributed by atoms with Gasteiger partial charge in [0.2, 0.25) is 17.0 Å². The molecule has 0 radical (unpaired) electrons. The Morgan fingerprint density at radius 1 is 1.10 bits per heavy atom. The van der Waals surface area contributed by atoms with Crippen molar-refractivity contribution in [3.05, 3.63) is 54.6 Å². The van der Waals surface area contributed by atoms with E-state index in [-0.39, 0.29) is 11.8 Å². The molecule has 0 fully saturated rings. The van der Waals surface area contributed by atoms with Crippen molar-refractivity contribution in [1.29, 1.82) is 0 Å². The number of fused-ring (bicyclic) bond motifs is 1. The van der Waals surface area contributed by atoms with Gasteiger partial charge in [-0.1, -0.05) is 54.2 Å². The highest BCUT2D eigenvalue weighted by atomic mass is 32.2. The molecule has 0 bridgehead atoms. The Morgan fingerprint density at radius 2 is 1.79 bits per heavy atom. The van der Waals surface area contributed by atoms with E-state index in [0.29, 0.717) is 22.4 Å². The Labute approximate surface area is 172 Å². The highest BCUT2D eigenvalue weighted by molar-refractivity contribution is 8.00. The van der Waals surface area contributed by atoms with Gasteiger partial charge in [-0.05, 0) is 32.9 Å². The fourth-order valence-corrected chi connectivity index (χ4v) is 4.03. The first kappa shape index (κ1) is 19.2. The molecule has 148 valence electrons. The first-order valence-electron chi connectivity index (χ1n) is 9.27. The Bertz CT molecular complexity index is 1060. The Morgan fingerprint density at radius 3 is 2.55 bits per heavy atom. The summed E-state index contributed by atoms with van der Waals surface area (Å²) in [6.07, 6.45) is 0. The molecule has 0 saturated heterocycles. The quantitative estimate of drug-likeness (QED) is 0.643. The first-order valence-corrected chi connectivity index (χ1v) is 10.1. The molecule has 0 saturated carbocycles. The molecule has 29 heavy (non-hydrogen) atoms. The minimum Gasteiger partial charge on any atom is -0.322 e. The summed E-state index contributed by atoms with van der Waals surface area (Å²) in [5.74, 6) is 0.259. The van der Waals surface area contributed by atoms with Crippen molar-refractivity contribution < 1.29 is 9.59 Å². The van der Waals surface area contributed by atoms with E-state index in [1.807, 2.05) is 48.5 Å². The van der Waals surface area contributed by atoms with E-state index in [1.165, 1.54) is 11.8 Å². The zero-order valence-electron chi connectivity index (χ0n) is 16.3. The number of benzene rings is 2. The lowest BCUT2D eigenvalue weighted by molar-refractivity contribution is -0.126. The standard InChI is InChI=1S/C21H21N5O2S/c1-13(29-20-23-17(24-25-20)14-9-5-4-6-10-14)18(27)26-16-12-8-7-11-15(16)22-19(28)21(26,2)3/h4-13H,1-3H3,(H,22,28)(H,23,24,25)/t13-/m0/s1. The number of aromatic amines is 1. The number of H-pyrrole nitrogens is 1. The summed E-state index contributed by atoms with van der Waals surface area (Å²) >= 11 is 1.26. The molecule has 4 rings (SSSR count). The number of hydrogen-bond acceptors (Lipinski definition) is 5. The molecular formula is C21H21N5O2S. The number of hydrogen-bond donors (Lipinski definition) is 2. The maximum atomic E-state index is 13.4. The Kier molecular flexibility index (Phi) is 4.87. The lowest BCUT2D eigenvalue weighted by Gasteiger charge is -2.42. The average Bonchev–Trinajstić information content (AvgIpc) is 3.17. The zero-order valence-corrected chi connectivity index (χ0v) is 17.2. The van der Waals surface area contributed by atoms with Gasteiger partial charge < -0.3 is 5.32 Å². The van der Waals surface area contributed by atoms with Crippen LogP contribution in [0.1, 0.15) is 20.8 Å². The van der Waals surface area contributed by atoms with Crippen molar-refractivity contribution in [2.24, 2.45) is 0 Å². The van der Waals surface area contributed by atoms with Crippen LogP contribution >= 0.6 is 11.8 Å². The largest absolute Gasteiger partial charge is 0.322 e. The van der Waals surface area contributed by atoms with Crippen molar-refractivity contribution in [2.45, 2.75) is 36.7 Å². The van der Waals surface area contributed by atoms with E-state index in [4.69, 9.17) is 0 Å². The number of amides is 2. The summed E-state index contributed by atoms with van der Waals surface area (Å²) in [7, 11) is 0. The predicted octanol–water partition coefficient (Wildman–Crippen LogP) is 3.72. The maximum absolute atomic E-state index is 13.4. The van der Waals surface area contributed by atoms with Gasteiger partial charge in [0.15, 0.2) is 5.82 Å². The molecule has 3 aromatic rings. The molecule has 2 amide bonds. The van der Waals surface area contributed by atoms with E-state index >= 15 is 0 Å². The number of aromatic nitrogens is 3. The van der Waals surface area contributed by atoms with Crippen LogP contribution in [0.5, 0.6) is 0 Å². The van der Waals surface area contributed by atoms with E-state index < -0.39 is 10.8 Å². The first-order chi connectivity index (χ1) is 13.9. The van der Waals surface area contributed by atoms with Gasteiger partial charge in [0.05, 0.1) is 16.6 Å². The van der Waals surface area contributed by atoms with E-state index in [9.17, 15) is 9.59 Å². The van der Waals surface area contributed by atoms with Crippen LogP contribution in [-0.4, -0.2) is 37.8 Å². The van der Waals surface area contributed by atoms with Crippen molar-refractivity contribution >= 4 is 35.0 Å². The number of rotatable bonds is 4. The van der Waals surface area contributed by atoms with Gasteiger partial charge in [-0.2, -0.15) is 0 Å². The zero-order chi connectivity index (χ0) is 20.6. The third-order valence-corrected chi connectivity index (χ3v) is 5.82. The van der Waals surface area contributed by atoms with Crippen molar-refractivity contribution in [2.75, 3.05) is 10.2 Å².